The van der Waals surface area contributed by atoms with Gasteiger partial charge in [0.15, 0.2) is 5.96 Å². The Balaban J connectivity index is 1.99. The second-order valence-corrected chi connectivity index (χ2v) is 6.81. The number of hydrogen-bond donors (Lipinski definition) is 2. The highest BCUT2D eigenvalue weighted by atomic mass is 16.5. The number of rotatable bonds is 8. The van der Waals surface area contributed by atoms with E-state index >= 15 is 0 Å². The van der Waals surface area contributed by atoms with E-state index in [4.69, 9.17) is 15.2 Å². The Morgan fingerprint density at radius 3 is 2.75 bits per heavy atom. The van der Waals surface area contributed by atoms with Gasteiger partial charge < -0.3 is 20.5 Å². The van der Waals surface area contributed by atoms with Crippen molar-refractivity contribution in [1.82, 2.24) is 5.32 Å². The Morgan fingerprint density at radius 2 is 2.08 bits per heavy atom. The zero-order valence-corrected chi connectivity index (χ0v) is 15.2. The van der Waals surface area contributed by atoms with Gasteiger partial charge in [-0.05, 0) is 50.2 Å². The average molecular weight is 333 g/mol. The molecule has 24 heavy (non-hydrogen) atoms. The molecule has 0 radical (unpaired) electrons. The lowest BCUT2D eigenvalue weighted by molar-refractivity contribution is 0.207. The van der Waals surface area contributed by atoms with E-state index < -0.39 is 0 Å². The molecule has 0 saturated heterocycles. The number of nitrogens with one attached hydrogen (secondary N) is 1. The molecule has 1 fully saturated rings. The molecular weight excluding hydrogens is 302 g/mol. The molecule has 0 aromatic heterocycles. The smallest absolute Gasteiger partial charge is 0.188 e. The van der Waals surface area contributed by atoms with Crippen LogP contribution in [0.15, 0.2) is 23.2 Å². The molecule has 0 unspecified atom stereocenters. The molecule has 0 atom stereocenters. The number of nitrogens with zero attached hydrogens (tertiary/aromatic N) is 1. The molecule has 1 aliphatic carbocycles. The normalized spacial score (nSPS) is 15.8. The fourth-order valence-electron chi connectivity index (χ4n) is 2.80. The summed E-state index contributed by atoms with van der Waals surface area (Å²) in [5.74, 6) is 2.80. The van der Waals surface area contributed by atoms with Crippen molar-refractivity contribution in [2.75, 3.05) is 13.7 Å². The molecule has 2 rings (SSSR count). The van der Waals surface area contributed by atoms with Crippen LogP contribution >= 0.6 is 0 Å². The van der Waals surface area contributed by atoms with Gasteiger partial charge in [-0.3, -0.25) is 0 Å². The highest BCUT2D eigenvalue weighted by Crippen LogP contribution is 2.30. The van der Waals surface area contributed by atoms with Crippen LogP contribution in [0.5, 0.6) is 11.5 Å². The first kappa shape index (κ1) is 18.4. The summed E-state index contributed by atoms with van der Waals surface area (Å²) in [7, 11) is 1.67. The summed E-state index contributed by atoms with van der Waals surface area (Å²) in [6.07, 6.45) is 6.12. The maximum Gasteiger partial charge on any atom is 0.188 e. The van der Waals surface area contributed by atoms with E-state index in [0.717, 1.165) is 42.9 Å². The fourth-order valence-corrected chi connectivity index (χ4v) is 2.80. The van der Waals surface area contributed by atoms with Gasteiger partial charge in [0.1, 0.15) is 11.5 Å². The molecule has 5 nitrogen and oxygen atoms in total. The quantitative estimate of drug-likeness (QED) is 0.564. The standard InChI is InChI=1S/C19H31N3O2/c1-14(2)10-11-21-19(20)22-13-15-8-9-17(23-3)12-18(15)24-16-6-4-5-7-16/h8-9,12,14,16H,4-7,10-11,13H2,1-3H3,(H3,20,21,22). The van der Waals surface area contributed by atoms with Crippen molar-refractivity contribution in [2.24, 2.45) is 16.6 Å². The molecule has 134 valence electrons. The van der Waals surface area contributed by atoms with Gasteiger partial charge in [0, 0.05) is 18.2 Å². The van der Waals surface area contributed by atoms with Crippen molar-refractivity contribution < 1.29 is 9.47 Å². The summed E-state index contributed by atoms with van der Waals surface area (Å²) in [5.41, 5.74) is 6.99. The molecule has 0 bridgehead atoms. The highest BCUT2D eigenvalue weighted by Gasteiger charge is 2.18. The Hall–Kier alpha value is -1.91. The molecule has 5 heteroatoms. The monoisotopic (exact) mass is 333 g/mol. The summed E-state index contributed by atoms with van der Waals surface area (Å²) in [6, 6.07) is 5.90. The largest absolute Gasteiger partial charge is 0.497 e. The third kappa shape index (κ3) is 5.95. The second-order valence-electron chi connectivity index (χ2n) is 6.81. The van der Waals surface area contributed by atoms with Crippen LogP contribution in [-0.4, -0.2) is 25.7 Å². The molecule has 3 N–H and O–H groups in total. The summed E-state index contributed by atoms with van der Waals surface area (Å²) >= 11 is 0. The first-order valence-electron chi connectivity index (χ1n) is 8.96. The van der Waals surface area contributed by atoms with Crippen LogP contribution in [0, 0.1) is 5.92 Å². The molecule has 1 aliphatic rings. The first-order valence-corrected chi connectivity index (χ1v) is 8.96. The topological polar surface area (TPSA) is 68.9 Å². The molecule has 1 aromatic carbocycles. The summed E-state index contributed by atoms with van der Waals surface area (Å²) < 4.78 is 11.5. The number of guanidine groups is 1. The maximum atomic E-state index is 6.18. The number of benzene rings is 1. The van der Waals surface area contributed by atoms with Crippen molar-refractivity contribution in [3.63, 3.8) is 0 Å². The number of methoxy groups -OCH3 is 1. The minimum absolute atomic E-state index is 0.307. The Bertz CT molecular complexity index is 537. The minimum Gasteiger partial charge on any atom is -0.497 e. The lowest BCUT2D eigenvalue weighted by Crippen LogP contribution is -2.32. The van der Waals surface area contributed by atoms with Gasteiger partial charge in [-0.25, -0.2) is 4.99 Å². The molecule has 1 aromatic rings. The van der Waals surface area contributed by atoms with Crippen molar-refractivity contribution >= 4 is 5.96 Å². The Morgan fingerprint density at radius 1 is 1.33 bits per heavy atom. The van der Waals surface area contributed by atoms with Gasteiger partial charge in [-0.15, -0.1) is 0 Å². The molecule has 0 amide bonds. The second kappa shape index (κ2) is 9.40. The van der Waals surface area contributed by atoms with E-state index in [1.165, 1.54) is 12.8 Å². The highest BCUT2D eigenvalue weighted by molar-refractivity contribution is 5.77. The number of ether oxygens (including phenoxy) is 2. The number of aliphatic imine (C=N–C) groups is 1. The van der Waals surface area contributed by atoms with Crippen LogP contribution in [0.2, 0.25) is 0 Å². The van der Waals surface area contributed by atoms with Crippen molar-refractivity contribution in [3.05, 3.63) is 23.8 Å². The van der Waals surface area contributed by atoms with Crippen LogP contribution < -0.4 is 20.5 Å². The lowest BCUT2D eigenvalue weighted by atomic mass is 10.1. The minimum atomic E-state index is 0.307. The van der Waals surface area contributed by atoms with Crippen molar-refractivity contribution in [1.29, 1.82) is 0 Å². The Labute approximate surface area is 145 Å². The maximum absolute atomic E-state index is 6.18. The van der Waals surface area contributed by atoms with Crippen LogP contribution in [-0.2, 0) is 6.54 Å². The van der Waals surface area contributed by atoms with Gasteiger partial charge in [0.05, 0.1) is 19.8 Å². The van der Waals surface area contributed by atoms with Gasteiger partial charge in [-0.2, -0.15) is 0 Å². The lowest BCUT2D eigenvalue weighted by Gasteiger charge is -2.17. The average Bonchev–Trinajstić information content (AvgIpc) is 3.06. The van der Waals surface area contributed by atoms with E-state index in [0.29, 0.717) is 24.5 Å². The van der Waals surface area contributed by atoms with Gasteiger partial charge in [0.2, 0.25) is 0 Å². The zero-order valence-electron chi connectivity index (χ0n) is 15.2. The van der Waals surface area contributed by atoms with E-state index in [1.807, 2.05) is 18.2 Å². The first-order chi connectivity index (χ1) is 11.6. The summed E-state index contributed by atoms with van der Waals surface area (Å²) in [4.78, 5) is 4.44. The fraction of sp³-hybridized carbons (Fsp3) is 0.632. The van der Waals surface area contributed by atoms with Crippen LogP contribution in [0.1, 0.15) is 51.5 Å². The van der Waals surface area contributed by atoms with Crippen LogP contribution in [0.4, 0.5) is 0 Å². The number of nitrogens with two attached hydrogens (primary N) is 1. The molecule has 1 saturated carbocycles. The van der Waals surface area contributed by atoms with E-state index in [2.05, 4.69) is 24.2 Å². The van der Waals surface area contributed by atoms with E-state index in [9.17, 15) is 0 Å². The van der Waals surface area contributed by atoms with Gasteiger partial charge in [0.25, 0.3) is 0 Å². The van der Waals surface area contributed by atoms with Gasteiger partial charge >= 0.3 is 0 Å². The predicted molar refractivity (Wildman–Crippen MR) is 98.7 cm³/mol. The molecule has 0 aliphatic heterocycles. The molecular formula is C19H31N3O2. The van der Waals surface area contributed by atoms with Crippen molar-refractivity contribution in [2.45, 2.75) is 58.6 Å². The van der Waals surface area contributed by atoms with Crippen molar-refractivity contribution in [3.8, 4) is 11.5 Å². The van der Waals surface area contributed by atoms with E-state index in [-0.39, 0.29) is 0 Å². The van der Waals surface area contributed by atoms with Gasteiger partial charge in [-0.1, -0.05) is 13.8 Å². The van der Waals surface area contributed by atoms with E-state index in [1.54, 1.807) is 7.11 Å². The number of hydrogen-bond acceptors (Lipinski definition) is 3. The zero-order chi connectivity index (χ0) is 17.4. The Kier molecular flexibility index (Phi) is 7.22. The third-order valence-corrected chi connectivity index (χ3v) is 4.32. The molecule has 0 heterocycles. The SMILES string of the molecule is COc1ccc(CN=C(N)NCCC(C)C)c(OC2CCCC2)c1. The third-order valence-electron chi connectivity index (χ3n) is 4.32. The summed E-state index contributed by atoms with van der Waals surface area (Å²) in [5, 5.41) is 3.16. The van der Waals surface area contributed by atoms with Crippen LogP contribution in [0.3, 0.4) is 0 Å². The summed E-state index contributed by atoms with van der Waals surface area (Å²) in [6.45, 7) is 5.74. The predicted octanol–water partition coefficient (Wildman–Crippen LogP) is 3.47. The van der Waals surface area contributed by atoms with Crippen LogP contribution in [0.25, 0.3) is 0 Å². The molecule has 0 spiro atoms.